The number of nitrogens with one attached hydrogen (secondary N) is 1. The third-order valence-electron chi connectivity index (χ3n) is 3.84. The lowest BCUT2D eigenvalue weighted by Gasteiger charge is -2.31. The molecule has 0 radical (unpaired) electrons. The topological polar surface area (TPSA) is 55.1 Å². The molecule has 20 heavy (non-hydrogen) atoms. The molecule has 3 nitrogen and oxygen atoms in total. The lowest BCUT2D eigenvalue weighted by atomic mass is 9.84. The van der Waals surface area contributed by atoms with Gasteiger partial charge in [0.15, 0.2) is 0 Å². The number of amides is 1. The third kappa shape index (κ3) is 5.08. The van der Waals surface area contributed by atoms with Crippen molar-refractivity contribution in [2.75, 3.05) is 6.54 Å². The standard InChI is InChI=1S/C15H21BrN2O.ClH/c16-13-7-5-11(6-8-13)9-15(19)18-14-4-2-1-3-12(14)10-17;/h5-8,12,14H,1-4,9-10,17H2,(H,18,19);1H. The number of rotatable bonds is 4. The summed E-state index contributed by atoms with van der Waals surface area (Å²) in [6.45, 7) is 0.670. The van der Waals surface area contributed by atoms with Gasteiger partial charge in [0.25, 0.3) is 0 Å². The van der Waals surface area contributed by atoms with Crippen molar-refractivity contribution in [1.29, 1.82) is 0 Å². The summed E-state index contributed by atoms with van der Waals surface area (Å²) >= 11 is 3.39. The summed E-state index contributed by atoms with van der Waals surface area (Å²) < 4.78 is 1.03. The number of benzene rings is 1. The van der Waals surface area contributed by atoms with Gasteiger partial charge in [0.05, 0.1) is 6.42 Å². The highest BCUT2D eigenvalue weighted by molar-refractivity contribution is 9.10. The van der Waals surface area contributed by atoms with Crippen molar-refractivity contribution in [2.24, 2.45) is 11.7 Å². The Morgan fingerprint density at radius 1 is 1.25 bits per heavy atom. The number of carbonyl (C=O) groups excluding carboxylic acids is 1. The maximum absolute atomic E-state index is 12.1. The van der Waals surface area contributed by atoms with E-state index in [1.165, 1.54) is 12.8 Å². The lowest BCUT2D eigenvalue weighted by Crippen LogP contribution is -2.45. The maximum atomic E-state index is 12.1. The normalized spacial score (nSPS) is 21.9. The molecule has 1 aliphatic carbocycles. The number of hydrogen-bond acceptors (Lipinski definition) is 2. The van der Waals surface area contributed by atoms with Crippen LogP contribution in [0, 0.1) is 5.92 Å². The second kappa shape index (κ2) is 8.65. The second-order valence-electron chi connectivity index (χ2n) is 5.26. The van der Waals surface area contributed by atoms with Crippen LogP contribution in [0.3, 0.4) is 0 Å². The molecule has 0 bridgehead atoms. The Balaban J connectivity index is 0.00000200. The largest absolute Gasteiger partial charge is 0.353 e. The zero-order valence-electron chi connectivity index (χ0n) is 11.5. The SMILES string of the molecule is Cl.NCC1CCCCC1NC(=O)Cc1ccc(Br)cc1. The van der Waals surface area contributed by atoms with Crippen molar-refractivity contribution in [1.82, 2.24) is 5.32 Å². The molecule has 0 spiro atoms. The zero-order chi connectivity index (χ0) is 13.7. The van der Waals surface area contributed by atoms with Gasteiger partial charge in [-0.25, -0.2) is 0 Å². The molecule has 1 aromatic rings. The van der Waals surface area contributed by atoms with E-state index in [4.69, 9.17) is 5.73 Å². The number of halogens is 2. The van der Waals surface area contributed by atoms with Crippen LogP contribution in [0.2, 0.25) is 0 Å². The van der Waals surface area contributed by atoms with Gasteiger partial charge in [0.1, 0.15) is 0 Å². The van der Waals surface area contributed by atoms with Crippen molar-refractivity contribution >= 4 is 34.2 Å². The van der Waals surface area contributed by atoms with Gasteiger partial charge in [-0.05, 0) is 43.0 Å². The fourth-order valence-corrected chi connectivity index (χ4v) is 2.99. The molecule has 1 fully saturated rings. The minimum Gasteiger partial charge on any atom is -0.353 e. The van der Waals surface area contributed by atoms with Crippen molar-refractivity contribution in [3.8, 4) is 0 Å². The summed E-state index contributed by atoms with van der Waals surface area (Å²) in [6.07, 6.45) is 5.08. The minimum absolute atomic E-state index is 0. The Morgan fingerprint density at radius 2 is 1.90 bits per heavy atom. The van der Waals surface area contributed by atoms with Crippen LogP contribution >= 0.6 is 28.3 Å². The summed E-state index contributed by atoms with van der Waals surface area (Å²) in [5, 5.41) is 3.15. The van der Waals surface area contributed by atoms with Gasteiger partial charge in [-0.3, -0.25) is 4.79 Å². The van der Waals surface area contributed by atoms with E-state index in [2.05, 4.69) is 21.2 Å². The molecule has 112 valence electrons. The smallest absolute Gasteiger partial charge is 0.224 e. The molecule has 1 aliphatic rings. The van der Waals surface area contributed by atoms with E-state index in [0.29, 0.717) is 18.9 Å². The van der Waals surface area contributed by atoms with Crippen LogP contribution in [0.15, 0.2) is 28.7 Å². The average molecular weight is 362 g/mol. The number of nitrogens with two attached hydrogens (primary N) is 1. The zero-order valence-corrected chi connectivity index (χ0v) is 13.9. The Bertz CT molecular complexity index is 424. The quantitative estimate of drug-likeness (QED) is 0.866. The molecule has 1 amide bonds. The first-order valence-electron chi connectivity index (χ1n) is 6.93. The number of carbonyl (C=O) groups is 1. The van der Waals surface area contributed by atoms with Crippen molar-refractivity contribution in [3.05, 3.63) is 34.3 Å². The summed E-state index contributed by atoms with van der Waals surface area (Å²) in [5.74, 6) is 0.551. The van der Waals surface area contributed by atoms with E-state index >= 15 is 0 Å². The molecule has 1 saturated carbocycles. The second-order valence-corrected chi connectivity index (χ2v) is 6.17. The van der Waals surface area contributed by atoms with Gasteiger partial charge in [0, 0.05) is 10.5 Å². The van der Waals surface area contributed by atoms with Gasteiger partial charge in [-0.15, -0.1) is 12.4 Å². The van der Waals surface area contributed by atoms with E-state index in [-0.39, 0.29) is 24.4 Å². The molecule has 0 heterocycles. The maximum Gasteiger partial charge on any atom is 0.224 e. The Labute approximate surface area is 135 Å². The van der Waals surface area contributed by atoms with Gasteiger partial charge < -0.3 is 11.1 Å². The van der Waals surface area contributed by atoms with Crippen molar-refractivity contribution in [3.63, 3.8) is 0 Å². The average Bonchev–Trinajstić information content (AvgIpc) is 2.42. The van der Waals surface area contributed by atoms with Crippen LogP contribution in [-0.2, 0) is 11.2 Å². The summed E-state index contributed by atoms with van der Waals surface area (Å²) in [7, 11) is 0. The monoisotopic (exact) mass is 360 g/mol. The highest BCUT2D eigenvalue weighted by atomic mass is 79.9. The molecule has 0 aliphatic heterocycles. The molecule has 2 rings (SSSR count). The van der Waals surface area contributed by atoms with E-state index in [1.54, 1.807) is 0 Å². The predicted molar refractivity (Wildman–Crippen MR) is 88.0 cm³/mol. The summed E-state index contributed by atoms with van der Waals surface area (Å²) in [6, 6.07) is 8.15. The Kier molecular flexibility index (Phi) is 7.56. The van der Waals surface area contributed by atoms with Crippen molar-refractivity contribution in [2.45, 2.75) is 38.1 Å². The Morgan fingerprint density at radius 3 is 2.55 bits per heavy atom. The molecule has 5 heteroatoms. The van der Waals surface area contributed by atoms with Crippen LogP contribution in [-0.4, -0.2) is 18.5 Å². The number of hydrogen-bond donors (Lipinski definition) is 2. The van der Waals surface area contributed by atoms with Crippen LogP contribution in [0.1, 0.15) is 31.2 Å². The van der Waals surface area contributed by atoms with E-state index in [9.17, 15) is 4.79 Å². The van der Waals surface area contributed by atoms with Gasteiger partial charge in [-0.1, -0.05) is 40.9 Å². The molecule has 0 aromatic heterocycles. The predicted octanol–water partition coefficient (Wildman–Crippen LogP) is 3.05. The lowest BCUT2D eigenvalue weighted by molar-refractivity contribution is -0.121. The molecule has 2 unspecified atom stereocenters. The first kappa shape index (κ1) is 17.5. The third-order valence-corrected chi connectivity index (χ3v) is 4.36. The molecule has 2 atom stereocenters. The highest BCUT2D eigenvalue weighted by Crippen LogP contribution is 2.23. The van der Waals surface area contributed by atoms with Crippen LogP contribution in [0.25, 0.3) is 0 Å². The fourth-order valence-electron chi connectivity index (χ4n) is 2.73. The van der Waals surface area contributed by atoms with Crippen LogP contribution in [0.5, 0.6) is 0 Å². The summed E-state index contributed by atoms with van der Waals surface area (Å²) in [5.41, 5.74) is 6.82. The Hall–Kier alpha value is -0.580. The van der Waals surface area contributed by atoms with Gasteiger partial charge in [0.2, 0.25) is 5.91 Å². The van der Waals surface area contributed by atoms with E-state index in [1.807, 2.05) is 24.3 Å². The van der Waals surface area contributed by atoms with E-state index in [0.717, 1.165) is 22.9 Å². The van der Waals surface area contributed by atoms with Gasteiger partial charge >= 0.3 is 0 Å². The summed E-state index contributed by atoms with van der Waals surface area (Å²) in [4.78, 5) is 12.1. The van der Waals surface area contributed by atoms with Crippen LogP contribution in [0.4, 0.5) is 0 Å². The minimum atomic E-state index is 0. The first-order chi connectivity index (χ1) is 9.19. The van der Waals surface area contributed by atoms with E-state index < -0.39 is 0 Å². The van der Waals surface area contributed by atoms with Crippen molar-refractivity contribution < 1.29 is 4.79 Å². The molecule has 0 saturated heterocycles. The molecule has 1 aromatic carbocycles. The van der Waals surface area contributed by atoms with Gasteiger partial charge in [-0.2, -0.15) is 0 Å². The first-order valence-corrected chi connectivity index (χ1v) is 7.72. The fraction of sp³-hybridized carbons (Fsp3) is 0.533. The van der Waals surface area contributed by atoms with Crippen LogP contribution < -0.4 is 11.1 Å². The molecular formula is C15H22BrClN2O. The molecular weight excluding hydrogens is 340 g/mol. The highest BCUT2D eigenvalue weighted by Gasteiger charge is 2.25. The molecule has 3 N–H and O–H groups in total.